The molecule has 4 aliphatic carbocycles. The van der Waals surface area contributed by atoms with E-state index >= 15 is 0 Å². The molecule has 0 radical (unpaired) electrons. The van der Waals surface area contributed by atoms with Crippen LogP contribution < -0.4 is 0 Å². The molecule has 4 rings (SSSR count). The Morgan fingerprint density at radius 3 is 2.27 bits per heavy atom. The molecule has 0 aromatic carbocycles. The van der Waals surface area contributed by atoms with Crippen molar-refractivity contribution in [1.82, 2.24) is 0 Å². The van der Waals surface area contributed by atoms with E-state index in [9.17, 15) is 0 Å². The minimum absolute atomic E-state index is 0.0902. The third kappa shape index (κ3) is 4.42. The number of hydrogen-bond acceptors (Lipinski definition) is 0. The summed E-state index contributed by atoms with van der Waals surface area (Å²) in [7, 11) is 0. The van der Waals surface area contributed by atoms with Crippen LogP contribution in [0.15, 0.2) is 0 Å². The molecular formula is C27H45Br3. The van der Waals surface area contributed by atoms with Crippen LogP contribution in [0.4, 0.5) is 0 Å². The summed E-state index contributed by atoms with van der Waals surface area (Å²) in [6.45, 7) is 10.4. The first-order valence-corrected chi connectivity index (χ1v) is 15.5. The quantitative estimate of drug-likeness (QED) is 0.272. The Balaban J connectivity index is 1.40. The molecule has 3 heteroatoms. The molecule has 0 amide bonds. The first-order chi connectivity index (χ1) is 14.1. The zero-order valence-corrected chi connectivity index (χ0v) is 24.6. The van der Waals surface area contributed by atoms with Crippen molar-refractivity contribution in [3.05, 3.63) is 0 Å². The molecule has 0 N–H and O–H groups in total. The van der Waals surface area contributed by atoms with Crippen LogP contribution in [0.5, 0.6) is 0 Å². The maximum absolute atomic E-state index is 3.73. The molecule has 9 atom stereocenters. The van der Waals surface area contributed by atoms with Crippen LogP contribution in [0.2, 0.25) is 0 Å². The second-order valence-corrected chi connectivity index (χ2v) is 19.4. The van der Waals surface area contributed by atoms with E-state index in [1.165, 1.54) is 64.2 Å². The summed E-state index contributed by atoms with van der Waals surface area (Å²) < 4.78 is -0.0902. The third-order valence-electron chi connectivity index (χ3n) is 11.2. The average Bonchev–Trinajstić information content (AvgIpc) is 3.04. The number of fused-ring (bicyclic) bond motifs is 5. The number of rotatable bonds is 5. The predicted molar refractivity (Wildman–Crippen MR) is 142 cm³/mol. The Labute approximate surface area is 212 Å². The monoisotopic (exact) mass is 606 g/mol. The average molecular weight is 609 g/mol. The summed E-state index contributed by atoms with van der Waals surface area (Å²) in [6.07, 6.45) is 19.4. The smallest absolute Gasteiger partial charge is 0.0622 e. The SMILES string of the molecule is CC(CCC[C@@H](C)[C@H]1CC[C@H]2[C@@H]3CCC4CCCC[C@]4(C)[C@H]3CC[C@]12C)C(Br)(Br)Br. The summed E-state index contributed by atoms with van der Waals surface area (Å²) >= 11 is 11.2. The standard InChI is InChI=1S/C27H45Br3/c1-18(8-7-9-19(2)27(28,29)30)22-13-14-23-21-12-11-20-10-5-6-16-25(20,3)24(21)15-17-26(22,23)4/h18-24H,5-17H2,1-4H3/t18-,19?,20?,21+,22-,23+,24+,25+,26-/m1/s1. The highest BCUT2D eigenvalue weighted by molar-refractivity contribution is 9.39. The van der Waals surface area contributed by atoms with E-state index in [0.717, 1.165) is 35.5 Å². The summed E-state index contributed by atoms with van der Waals surface area (Å²) in [5.41, 5.74) is 1.32. The van der Waals surface area contributed by atoms with Crippen molar-refractivity contribution in [2.24, 2.45) is 52.3 Å². The van der Waals surface area contributed by atoms with Crippen LogP contribution in [0.3, 0.4) is 0 Å². The van der Waals surface area contributed by atoms with Gasteiger partial charge in [-0.25, -0.2) is 0 Å². The van der Waals surface area contributed by atoms with Crippen molar-refractivity contribution < 1.29 is 0 Å². The van der Waals surface area contributed by atoms with E-state index in [0.29, 0.717) is 16.7 Å². The van der Waals surface area contributed by atoms with Crippen molar-refractivity contribution >= 4 is 47.8 Å². The van der Waals surface area contributed by atoms with Gasteiger partial charge in [0.2, 0.25) is 0 Å². The minimum atomic E-state index is -0.0902. The van der Waals surface area contributed by atoms with Gasteiger partial charge in [0, 0.05) is 0 Å². The fraction of sp³-hybridized carbons (Fsp3) is 1.00. The molecule has 0 saturated heterocycles. The molecule has 0 bridgehead atoms. The van der Waals surface area contributed by atoms with E-state index in [2.05, 4.69) is 75.5 Å². The summed E-state index contributed by atoms with van der Waals surface area (Å²) in [4.78, 5) is 0. The molecule has 4 saturated carbocycles. The molecule has 0 heterocycles. The molecule has 4 fully saturated rings. The molecule has 0 aromatic heterocycles. The first kappa shape index (κ1) is 24.6. The molecule has 4 aliphatic rings. The molecular weight excluding hydrogens is 564 g/mol. The van der Waals surface area contributed by atoms with Crippen LogP contribution >= 0.6 is 47.8 Å². The van der Waals surface area contributed by atoms with Crippen molar-refractivity contribution in [3.63, 3.8) is 0 Å². The normalized spacial score (nSPS) is 45.9. The van der Waals surface area contributed by atoms with Crippen molar-refractivity contribution in [2.45, 2.75) is 113 Å². The molecule has 0 aliphatic heterocycles. The number of halogens is 3. The highest BCUT2D eigenvalue weighted by atomic mass is 80.0. The van der Waals surface area contributed by atoms with Gasteiger partial charge >= 0.3 is 0 Å². The van der Waals surface area contributed by atoms with Gasteiger partial charge in [-0.1, -0.05) is 101 Å². The van der Waals surface area contributed by atoms with Gasteiger partial charge in [0.25, 0.3) is 0 Å². The van der Waals surface area contributed by atoms with E-state index < -0.39 is 0 Å². The maximum Gasteiger partial charge on any atom is 0.137 e. The lowest BCUT2D eigenvalue weighted by atomic mass is 9.44. The number of hydrogen-bond donors (Lipinski definition) is 0. The third-order valence-corrected chi connectivity index (χ3v) is 13.5. The van der Waals surface area contributed by atoms with Gasteiger partial charge < -0.3 is 0 Å². The van der Waals surface area contributed by atoms with Gasteiger partial charge in [0.05, 0.1) is 0 Å². The highest BCUT2D eigenvalue weighted by Gasteiger charge is 2.60. The fourth-order valence-corrected chi connectivity index (χ4v) is 10.1. The Bertz CT molecular complexity index is 597. The Kier molecular flexibility index (Phi) is 7.56. The van der Waals surface area contributed by atoms with Gasteiger partial charge in [-0.3, -0.25) is 0 Å². The van der Waals surface area contributed by atoms with Crippen LogP contribution in [0, 0.1) is 52.3 Å². The molecule has 0 aromatic rings. The van der Waals surface area contributed by atoms with Crippen LogP contribution in [0.25, 0.3) is 0 Å². The first-order valence-electron chi connectivity index (χ1n) is 13.1. The lowest BCUT2D eigenvalue weighted by Gasteiger charge is -2.61. The molecule has 174 valence electrons. The summed E-state index contributed by atoms with van der Waals surface area (Å²) in [5, 5.41) is 0. The lowest BCUT2D eigenvalue weighted by molar-refractivity contribution is -0.114. The zero-order chi connectivity index (χ0) is 21.7. The van der Waals surface area contributed by atoms with E-state index in [-0.39, 0.29) is 2.14 Å². The predicted octanol–water partition coefficient (Wildman–Crippen LogP) is 10.3. The molecule has 0 nitrogen and oxygen atoms in total. The number of alkyl halides is 3. The van der Waals surface area contributed by atoms with Crippen molar-refractivity contribution in [2.75, 3.05) is 0 Å². The van der Waals surface area contributed by atoms with Crippen LogP contribution in [-0.2, 0) is 0 Å². The highest BCUT2D eigenvalue weighted by Crippen LogP contribution is 2.68. The Morgan fingerprint density at radius 2 is 1.53 bits per heavy atom. The maximum atomic E-state index is 3.73. The molecule has 0 spiro atoms. The van der Waals surface area contributed by atoms with E-state index in [4.69, 9.17) is 0 Å². The van der Waals surface area contributed by atoms with Gasteiger partial charge in [0.1, 0.15) is 2.14 Å². The second kappa shape index (κ2) is 9.24. The second-order valence-electron chi connectivity index (χ2n) is 12.5. The van der Waals surface area contributed by atoms with Gasteiger partial charge in [-0.05, 0) is 110 Å². The zero-order valence-electron chi connectivity index (χ0n) is 19.9. The van der Waals surface area contributed by atoms with Crippen molar-refractivity contribution in [3.8, 4) is 0 Å². The van der Waals surface area contributed by atoms with E-state index in [1.807, 2.05) is 0 Å². The van der Waals surface area contributed by atoms with Gasteiger partial charge in [-0.15, -0.1) is 0 Å². The van der Waals surface area contributed by atoms with Crippen LogP contribution in [0.1, 0.15) is 111 Å². The van der Waals surface area contributed by atoms with Gasteiger partial charge in [-0.2, -0.15) is 0 Å². The largest absolute Gasteiger partial charge is 0.137 e. The fourth-order valence-electron chi connectivity index (χ4n) is 9.38. The summed E-state index contributed by atoms with van der Waals surface area (Å²) in [5.74, 6) is 6.64. The minimum Gasteiger partial charge on any atom is -0.0622 e. The lowest BCUT2D eigenvalue weighted by Crippen LogP contribution is -2.53. The molecule has 30 heavy (non-hydrogen) atoms. The van der Waals surface area contributed by atoms with Crippen molar-refractivity contribution in [1.29, 1.82) is 0 Å². The molecule has 2 unspecified atom stereocenters. The van der Waals surface area contributed by atoms with E-state index in [1.54, 1.807) is 19.3 Å². The Morgan fingerprint density at radius 1 is 0.800 bits per heavy atom. The van der Waals surface area contributed by atoms with Gasteiger partial charge in [0.15, 0.2) is 0 Å². The van der Waals surface area contributed by atoms with Crippen LogP contribution in [-0.4, -0.2) is 2.14 Å². The Hall–Kier alpha value is 1.44. The topological polar surface area (TPSA) is 0 Å². The summed E-state index contributed by atoms with van der Waals surface area (Å²) in [6, 6.07) is 0.